The van der Waals surface area contributed by atoms with Crippen LogP contribution in [-0.2, 0) is 17.8 Å². The number of carboxylic acid groups (broad SMARTS) is 1. The summed E-state index contributed by atoms with van der Waals surface area (Å²) in [5.74, 6) is -0.442. The van der Waals surface area contributed by atoms with E-state index in [2.05, 4.69) is 59.6 Å². The van der Waals surface area contributed by atoms with Gasteiger partial charge in [0.15, 0.2) is 5.78 Å². The fourth-order valence-corrected chi connectivity index (χ4v) is 5.18. The molecule has 0 saturated carbocycles. The molecule has 0 spiro atoms. The van der Waals surface area contributed by atoms with Crippen LogP contribution in [0.5, 0.6) is 5.75 Å². The molecule has 5 rings (SSSR count). The van der Waals surface area contributed by atoms with E-state index in [1.165, 1.54) is 16.8 Å². The van der Waals surface area contributed by atoms with E-state index in [1.807, 2.05) is 54.6 Å². The third-order valence-electron chi connectivity index (χ3n) is 7.50. The SMILES string of the molecule is Cc1ccccc1N(CCOc1ccc(C[C@H](Nc2ccccc2C(=O)c2ccccc2)C(=O)O)cc1)Cc1ccccc1. The first-order chi connectivity index (χ1) is 21.5. The number of carbonyl (C=O) groups is 2. The molecule has 6 heteroatoms. The number of ether oxygens (including phenoxy) is 1. The van der Waals surface area contributed by atoms with Crippen LogP contribution >= 0.6 is 0 Å². The molecule has 0 aromatic heterocycles. The van der Waals surface area contributed by atoms with Crippen molar-refractivity contribution in [1.29, 1.82) is 0 Å². The lowest BCUT2D eigenvalue weighted by Gasteiger charge is -2.26. The van der Waals surface area contributed by atoms with Gasteiger partial charge in [0.2, 0.25) is 0 Å². The van der Waals surface area contributed by atoms with Gasteiger partial charge in [-0.15, -0.1) is 0 Å². The van der Waals surface area contributed by atoms with Gasteiger partial charge in [0.25, 0.3) is 0 Å². The van der Waals surface area contributed by atoms with Crippen LogP contribution in [0, 0.1) is 6.92 Å². The first-order valence-corrected chi connectivity index (χ1v) is 14.7. The van der Waals surface area contributed by atoms with Gasteiger partial charge in [-0.1, -0.05) is 103 Å². The topological polar surface area (TPSA) is 78.9 Å². The minimum absolute atomic E-state index is 0.163. The number of hydrogen-bond donors (Lipinski definition) is 2. The zero-order valence-corrected chi connectivity index (χ0v) is 24.7. The molecule has 0 radical (unpaired) electrons. The van der Waals surface area contributed by atoms with Crippen molar-refractivity contribution in [2.75, 3.05) is 23.4 Å². The van der Waals surface area contributed by atoms with Crippen LogP contribution < -0.4 is 15.0 Å². The Morgan fingerprint density at radius 3 is 2.09 bits per heavy atom. The maximum Gasteiger partial charge on any atom is 0.326 e. The Morgan fingerprint density at radius 2 is 1.39 bits per heavy atom. The smallest absolute Gasteiger partial charge is 0.326 e. The monoisotopic (exact) mass is 584 g/mol. The van der Waals surface area contributed by atoms with Gasteiger partial charge in [0.05, 0.1) is 6.54 Å². The van der Waals surface area contributed by atoms with Gasteiger partial charge in [-0.3, -0.25) is 4.79 Å². The number of rotatable bonds is 14. The summed E-state index contributed by atoms with van der Waals surface area (Å²) < 4.78 is 6.11. The van der Waals surface area contributed by atoms with Crippen LogP contribution in [0.3, 0.4) is 0 Å². The molecule has 0 fully saturated rings. The quantitative estimate of drug-likeness (QED) is 0.132. The maximum atomic E-state index is 13.1. The van der Waals surface area contributed by atoms with Crippen molar-refractivity contribution >= 4 is 23.1 Å². The molecule has 5 aromatic carbocycles. The minimum atomic E-state index is -0.998. The summed E-state index contributed by atoms with van der Waals surface area (Å²) in [4.78, 5) is 27.7. The second kappa shape index (κ2) is 14.7. The molecule has 0 saturated heterocycles. The zero-order chi connectivity index (χ0) is 30.7. The Kier molecular flexibility index (Phi) is 10.1. The number of aliphatic carboxylic acids is 1. The summed E-state index contributed by atoms with van der Waals surface area (Å²) in [7, 11) is 0. The Hall–Kier alpha value is -5.36. The summed E-state index contributed by atoms with van der Waals surface area (Å²) in [5.41, 5.74) is 5.92. The number of hydrogen-bond acceptors (Lipinski definition) is 5. The van der Waals surface area contributed by atoms with Crippen molar-refractivity contribution in [2.45, 2.75) is 25.9 Å². The fraction of sp³-hybridized carbons (Fsp3) is 0.158. The first-order valence-electron chi connectivity index (χ1n) is 14.7. The fourth-order valence-electron chi connectivity index (χ4n) is 5.18. The van der Waals surface area contributed by atoms with Crippen molar-refractivity contribution in [1.82, 2.24) is 0 Å². The lowest BCUT2D eigenvalue weighted by molar-refractivity contribution is -0.137. The van der Waals surface area contributed by atoms with E-state index >= 15 is 0 Å². The molecule has 44 heavy (non-hydrogen) atoms. The third kappa shape index (κ3) is 7.92. The number of nitrogens with one attached hydrogen (secondary N) is 1. The molecule has 0 aliphatic carbocycles. The molecule has 222 valence electrons. The average Bonchev–Trinajstić information content (AvgIpc) is 3.06. The van der Waals surface area contributed by atoms with E-state index in [4.69, 9.17) is 4.74 Å². The largest absolute Gasteiger partial charge is 0.492 e. The van der Waals surface area contributed by atoms with Gasteiger partial charge in [-0.2, -0.15) is 0 Å². The van der Waals surface area contributed by atoms with Gasteiger partial charge in [0.1, 0.15) is 18.4 Å². The summed E-state index contributed by atoms with van der Waals surface area (Å²) in [6.45, 7) is 4.09. The van der Waals surface area contributed by atoms with Crippen molar-refractivity contribution < 1.29 is 19.4 Å². The number of nitrogens with zero attached hydrogens (tertiary/aromatic N) is 1. The Morgan fingerprint density at radius 1 is 0.750 bits per heavy atom. The van der Waals surface area contributed by atoms with E-state index in [0.29, 0.717) is 30.0 Å². The van der Waals surface area contributed by atoms with Crippen molar-refractivity contribution in [3.63, 3.8) is 0 Å². The van der Waals surface area contributed by atoms with E-state index in [1.54, 1.807) is 36.4 Å². The lowest BCUT2D eigenvalue weighted by Crippen LogP contribution is -2.32. The summed E-state index contributed by atoms with van der Waals surface area (Å²) in [6, 6.07) is 41.3. The van der Waals surface area contributed by atoms with Crippen LogP contribution in [0.25, 0.3) is 0 Å². The van der Waals surface area contributed by atoms with Gasteiger partial charge in [-0.25, -0.2) is 4.79 Å². The molecular weight excluding hydrogens is 548 g/mol. The number of para-hydroxylation sites is 2. The summed E-state index contributed by atoms with van der Waals surface area (Å²) in [5, 5.41) is 13.1. The highest BCUT2D eigenvalue weighted by Crippen LogP contribution is 2.24. The van der Waals surface area contributed by atoms with Crippen molar-refractivity contribution in [2.24, 2.45) is 0 Å². The molecule has 6 nitrogen and oxygen atoms in total. The standard InChI is InChI=1S/C38H36N2O4/c1-28-12-8-11-19-36(28)40(27-30-13-4-2-5-14-30)24-25-44-32-22-20-29(21-23-32)26-35(38(42)43)39-34-18-10-9-17-33(34)37(41)31-15-6-3-7-16-31/h2-23,35,39H,24-27H2,1H3,(H,42,43)/t35-/m0/s1. The van der Waals surface area contributed by atoms with Gasteiger partial charge < -0.3 is 20.1 Å². The maximum absolute atomic E-state index is 13.1. The van der Waals surface area contributed by atoms with Crippen LogP contribution in [0.1, 0.15) is 32.6 Å². The summed E-state index contributed by atoms with van der Waals surface area (Å²) in [6.07, 6.45) is 0.238. The van der Waals surface area contributed by atoms with Crippen molar-refractivity contribution in [3.05, 3.63) is 161 Å². The van der Waals surface area contributed by atoms with Crippen LogP contribution in [0.15, 0.2) is 133 Å². The van der Waals surface area contributed by atoms with Gasteiger partial charge in [-0.05, 0) is 53.9 Å². The second-order valence-electron chi connectivity index (χ2n) is 10.7. The highest BCUT2D eigenvalue weighted by molar-refractivity contribution is 6.12. The number of carboxylic acids is 1. The van der Waals surface area contributed by atoms with Crippen LogP contribution in [0.4, 0.5) is 11.4 Å². The zero-order valence-electron chi connectivity index (χ0n) is 24.7. The predicted molar refractivity (Wildman–Crippen MR) is 176 cm³/mol. The highest BCUT2D eigenvalue weighted by Gasteiger charge is 2.21. The molecule has 0 heterocycles. The molecule has 0 amide bonds. The van der Waals surface area contributed by atoms with E-state index in [9.17, 15) is 14.7 Å². The molecular formula is C38H36N2O4. The van der Waals surface area contributed by atoms with E-state index in [-0.39, 0.29) is 12.2 Å². The molecule has 2 N–H and O–H groups in total. The minimum Gasteiger partial charge on any atom is -0.492 e. The summed E-state index contributed by atoms with van der Waals surface area (Å²) >= 11 is 0. The molecule has 0 aliphatic rings. The Labute approximate surface area is 258 Å². The molecule has 0 aliphatic heterocycles. The third-order valence-corrected chi connectivity index (χ3v) is 7.50. The average molecular weight is 585 g/mol. The molecule has 0 bridgehead atoms. The molecule has 0 unspecified atom stereocenters. The van der Waals surface area contributed by atoms with Crippen LogP contribution in [-0.4, -0.2) is 36.1 Å². The Bertz CT molecular complexity index is 1670. The first kappa shape index (κ1) is 30.1. The normalized spacial score (nSPS) is 11.4. The number of benzene rings is 5. The second-order valence-corrected chi connectivity index (χ2v) is 10.7. The number of ketones is 1. The molecule has 5 aromatic rings. The van der Waals surface area contributed by atoms with Crippen LogP contribution in [0.2, 0.25) is 0 Å². The van der Waals surface area contributed by atoms with E-state index < -0.39 is 12.0 Å². The number of carbonyl (C=O) groups excluding carboxylic acids is 1. The van der Waals surface area contributed by atoms with Gasteiger partial charge >= 0.3 is 5.97 Å². The van der Waals surface area contributed by atoms with Gasteiger partial charge in [0, 0.05) is 35.5 Å². The lowest BCUT2D eigenvalue weighted by atomic mass is 10.00. The number of anilines is 2. The van der Waals surface area contributed by atoms with Crippen molar-refractivity contribution in [3.8, 4) is 5.75 Å². The van der Waals surface area contributed by atoms with E-state index in [0.717, 1.165) is 17.9 Å². The molecule has 1 atom stereocenters. The predicted octanol–water partition coefficient (Wildman–Crippen LogP) is 7.42. The Balaban J connectivity index is 1.21. The highest BCUT2D eigenvalue weighted by atomic mass is 16.5. The number of aryl methyl sites for hydroxylation is 1.